The van der Waals surface area contributed by atoms with Gasteiger partial charge in [0.15, 0.2) is 0 Å². The third-order valence-corrected chi connectivity index (χ3v) is 5.27. The molecular weight excluding hydrogens is 336 g/mol. The number of imidazole rings is 1. The van der Waals surface area contributed by atoms with Gasteiger partial charge < -0.3 is 15.2 Å². The number of aryl methyl sites for hydroxylation is 1. The summed E-state index contributed by atoms with van der Waals surface area (Å²) in [4.78, 5) is 17.0. The Bertz CT molecular complexity index is 972. The van der Waals surface area contributed by atoms with Crippen molar-refractivity contribution in [3.8, 4) is 5.69 Å². The molecule has 0 saturated carbocycles. The molecule has 0 spiro atoms. The van der Waals surface area contributed by atoms with Crippen molar-refractivity contribution < 1.29 is 4.79 Å². The maximum absolute atomic E-state index is 12.7. The maximum Gasteiger partial charge on any atom is 0.255 e. The molecule has 1 aromatic heterocycles. The van der Waals surface area contributed by atoms with E-state index >= 15 is 0 Å². The Hall–Kier alpha value is -2.92. The topological polar surface area (TPSA) is 59.0 Å². The van der Waals surface area contributed by atoms with Gasteiger partial charge in [-0.15, -0.1) is 0 Å². The van der Waals surface area contributed by atoms with Crippen LogP contribution in [0.2, 0.25) is 0 Å². The van der Waals surface area contributed by atoms with Crippen LogP contribution in [0.4, 0.5) is 5.69 Å². The van der Waals surface area contributed by atoms with E-state index in [1.807, 2.05) is 61.1 Å². The zero-order chi connectivity index (χ0) is 18.8. The Morgan fingerprint density at radius 2 is 1.78 bits per heavy atom. The summed E-state index contributed by atoms with van der Waals surface area (Å²) in [6.07, 6.45) is 3.81. The molecule has 0 atom stereocenters. The first-order chi connectivity index (χ1) is 13.1. The number of carbonyl (C=O) groups excluding carboxylic acids is 1. The van der Waals surface area contributed by atoms with Crippen molar-refractivity contribution in [2.45, 2.75) is 26.7 Å². The second kappa shape index (κ2) is 7.37. The van der Waals surface area contributed by atoms with Gasteiger partial charge in [0.2, 0.25) is 0 Å². The van der Waals surface area contributed by atoms with Crippen LogP contribution in [-0.2, 0) is 12.8 Å². The number of amides is 1. The van der Waals surface area contributed by atoms with E-state index in [0.29, 0.717) is 5.56 Å². The first-order valence-corrected chi connectivity index (χ1v) is 9.36. The molecule has 3 aromatic rings. The molecule has 2 N–H and O–H groups in total. The van der Waals surface area contributed by atoms with Gasteiger partial charge >= 0.3 is 0 Å². The fraction of sp³-hybridized carbons (Fsp3) is 0.273. The number of aromatic nitrogens is 2. The monoisotopic (exact) mass is 360 g/mol. The summed E-state index contributed by atoms with van der Waals surface area (Å²) < 4.78 is 2.04. The zero-order valence-corrected chi connectivity index (χ0v) is 15.7. The van der Waals surface area contributed by atoms with Crippen LogP contribution in [0.15, 0.2) is 48.8 Å². The van der Waals surface area contributed by atoms with Crippen LogP contribution >= 0.6 is 0 Å². The molecule has 138 valence electrons. The third-order valence-electron chi connectivity index (χ3n) is 5.27. The van der Waals surface area contributed by atoms with Crippen molar-refractivity contribution in [1.82, 2.24) is 14.9 Å². The lowest BCUT2D eigenvalue weighted by atomic mass is 10.00. The maximum atomic E-state index is 12.7. The van der Waals surface area contributed by atoms with E-state index in [9.17, 15) is 4.79 Å². The van der Waals surface area contributed by atoms with E-state index in [1.54, 1.807) is 0 Å². The standard InChI is InChI=1S/C22H24N4O/c1-15-16(2)26(14-24-15)21-7-5-20(6-8-21)25-22(27)19-4-3-17-9-11-23-12-10-18(17)13-19/h3-8,13-14,23H,9-12H2,1-2H3,(H,25,27). The minimum absolute atomic E-state index is 0.0718. The molecule has 1 aliphatic heterocycles. The first kappa shape index (κ1) is 17.5. The lowest BCUT2D eigenvalue weighted by Gasteiger charge is -2.10. The predicted molar refractivity (Wildman–Crippen MR) is 108 cm³/mol. The number of nitrogens with zero attached hydrogens (tertiary/aromatic N) is 2. The molecule has 1 aliphatic rings. The van der Waals surface area contributed by atoms with Gasteiger partial charge in [0.1, 0.15) is 0 Å². The van der Waals surface area contributed by atoms with Crippen LogP contribution in [-0.4, -0.2) is 28.5 Å². The summed E-state index contributed by atoms with van der Waals surface area (Å²) in [6.45, 7) is 6.01. The van der Waals surface area contributed by atoms with E-state index in [4.69, 9.17) is 0 Å². The van der Waals surface area contributed by atoms with Crippen molar-refractivity contribution in [3.05, 3.63) is 76.9 Å². The second-order valence-electron chi connectivity index (χ2n) is 7.02. The molecule has 0 saturated heterocycles. The SMILES string of the molecule is Cc1ncn(-c2ccc(NC(=O)c3ccc4c(c3)CCNCC4)cc2)c1C. The summed E-state index contributed by atoms with van der Waals surface area (Å²) in [5.41, 5.74) is 7.28. The Morgan fingerprint density at radius 1 is 1.04 bits per heavy atom. The molecule has 5 heteroatoms. The molecule has 27 heavy (non-hydrogen) atoms. The zero-order valence-electron chi connectivity index (χ0n) is 15.7. The van der Waals surface area contributed by atoms with E-state index in [-0.39, 0.29) is 5.91 Å². The van der Waals surface area contributed by atoms with Crippen LogP contribution in [0.25, 0.3) is 5.69 Å². The molecule has 1 amide bonds. The fourth-order valence-electron chi connectivity index (χ4n) is 3.48. The Balaban J connectivity index is 1.50. The summed E-state index contributed by atoms with van der Waals surface area (Å²) >= 11 is 0. The molecule has 0 unspecified atom stereocenters. The number of hydrogen-bond acceptors (Lipinski definition) is 3. The van der Waals surface area contributed by atoms with E-state index in [2.05, 4.69) is 21.7 Å². The van der Waals surface area contributed by atoms with Gasteiger partial charge in [-0.1, -0.05) is 6.07 Å². The van der Waals surface area contributed by atoms with E-state index in [0.717, 1.165) is 48.7 Å². The lowest BCUT2D eigenvalue weighted by molar-refractivity contribution is 0.102. The first-order valence-electron chi connectivity index (χ1n) is 9.36. The molecule has 2 aromatic carbocycles. The third kappa shape index (κ3) is 3.64. The smallest absolute Gasteiger partial charge is 0.255 e. The summed E-state index contributed by atoms with van der Waals surface area (Å²) in [7, 11) is 0. The van der Waals surface area contributed by atoms with Crippen molar-refractivity contribution in [2.24, 2.45) is 0 Å². The molecule has 4 rings (SSSR count). The van der Waals surface area contributed by atoms with Crippen molar-refractivity contribution in [3.63, 3.8) is 0 Å². The Kier molecular flexibility index (Phi) is 4.77. The molecular formula is C22H24N4O. The molecule has 5 nitrogen and oxygen atoms in total. The normalized spacial score (nSPS) is 13.7. The minimum atomic E-state index is -0.0718. The fourth-order valence-corrected chi connectivity index (χ4v) is 3.48. The number of nitrogens with one attached hydrogen (secondary N) is 2. The summed E-state index contributed by atoms with van der Waals surface area (Å²) in [5.74, 6) is -0.0718. The number of hydrogen-bond donors (Lipinski definition) is 2. The van der Waals surface area contributed by atoms with Gasteiger partial charge in [-0.25, -0.2) is 4.98 Å². The Labute approximate surface area is 159 Å². The highest BCUT2D eigenvalue weighted by Crippen LogP contribution is 2.19. The highest BCUT2D eigenvalue weighted by molar-refractivity contribution is 6.04. The highest BCUT2D eigenvalue weighted by atomic mass is 16.1. The van der Waals surface area contributed by atoms with Crippen LogP contribution in [0.1, 0.15) is 32.9 Å². The van der Waals surface area contributed by atoms with Crippen molar-refractivity contribution in [1.29, 1.82) is 0 Å². The van der Waals surface area contributed by atoms with Crippen LogP contribution in [0, 0.1) is 13.8 Å². The molecule has 0 radical (unpaired) electrons. The predicted octanol–water partition coefficient (Wildman–Crippen LogP) is 3.43. The van der Waals surface area contributed by atoms with E-state index in [1.165, 1.54) is 11.1 Å². The van der Waals surface area contributed by atoms with Gasteiger partial charge in [0.05, 0.1) is 12.0 Å². The largest absolute Gasteiger partial charge is 0.322 e. The number of benzene rings is 2. The summed E-state index contributed by atoms with van der Waals surface area (Å²) in [5, 5.41) is 6.40. The van der Waals surface area contributed by atoms with Gasteiger partial charge in [-0.3, -0.25) is 4.79 Å². The average molecular weight is 360 g/mol. The van der Waals surface area contributed by atoms with Gasteiger partial charge in [-0.2, -0.15) is 0 Å². The van der Waals surface area contributed by atoms with Gasteiger partial charge in [0.25, 0.3) is 5.91 Å². The van der Waals surface area contributed by atoms with Gasteiger partial charge in [0, 0.05) is 22.6 Å². The number of carbonyl (C=O) groups is 1. The molecule has 0 fully saturated rings. The number of fused-ring (bicyclic) bond motifs is 1. The van der Waals surface area contributed by atoms with Crippen molar-refractivity contribution >= 4 is 11.6 Å². The van der Waals surface area contributed by atoms with Gasteiger partial charge in [-0.05, 0) is 87.3 Å². The van der Waals surface area contributed by atoms with Crippen LogP contribution < -0.4 is 10.6 Å². The second-order valence-corrected chi connectivity index (χ2v) is 7.02. The number of anilines is 1. The molecule has 2 heterocycles. The quantitative estimate of drug-likeness (QED) is 0.752. The highest BCUT2D eigenvalue weighted by Gasteiger charge is 2.12. The van der Waals surface area contributed by atoms with E-state index < -0.39 is 0 Å². The molecule has 0 bridgehead atoms. The summed E-state index contributed by atoms with van der Waals surface area (Å²) in [6, 6.07) is 13.9. The van der Waals surface area contributed by atoms with Crippen LogP contribution in [0.5, 0.6) is 0 Å². The Morgan fingerprint density at radius 3 is 2.48 bits per heavy atom. The van der Waals surface area contributed by atoms with Crippen molar-refractivity contribution in [2.75, 3.05) is 18.4 Å². The minimum Gasteiger partial charge on any atom is -0.322 e. The van der Waals surface area contributed by atoms with Crippen LogP contribution in [0.3, 0.4) is 0 Å². The number of rotatable bonds is 3. The average Bonchev–Trinajstić information content (AvgIpc) is 2.88. The lowest BCUT2D eigenvalue weighted by Crippen LogP contribution is -2.16. The molecule has 0 aliphatic carbocycles.